The van der Waals surface area contributed by atoms with Gasteiger partial charge in [0.05, 0.1) is 12.7 Å². The molecule has 1 aliphatic rings. The van der Waals surface area contributed by atoms with Crippen molar-refractivity contribution in [2.24, 2.45) is 0 Å². The molecule has 1 fully saturated rings. The molecular formula is C17H25NO3. The zero-order chi connectivity index (χ0) is 15.1. The van der Waals surface area contributed by atoms with Crippen molar-refractivity contribution in [1.82, 2.24) is 4.90 Å². The summed E-state index contributed by atoms with van der Waals surface area (Å²) in [6.07, 6.45) is 3.65. The molecule has 1 aromatic carbocycles. The smallest absolute Gasteiger partial charge is 0.222 e. The van der Waals surface area contributed by atoms with Gasteiger partial charge in [0.2, 0.25) is 5.91 Å². The molecule has 0 saturated carbocycles. The van der Waals surface area contributed by atoms with Crippen molar-refractivity contribution >= 4 is 5.91 Å². The summed E-state index contributed by atoms with van der Waals surface area (Å²) >= 11 is 0. The highest BCUT2D eigenvalue weighted by molar-refractivity contribution is 5.76. The number of para-hydroxylation sites is 1. The van der Waals surface area contributed by atoms with Crippen molar-refractivity contribution in [2.45, 2.75) is 51.2 Å². The predicted molar refractivity (Wildman–Crippen MR) is 82.2 cm³/mol. The van der Waals surface area contributed by atoms with Gasteiger partial charge in [-0.3, -0.25) is 4.79 Å². The summed E-state index contributed by atoms with van der Waals surface area (Å²) in [4.78, 5) is 14.2. The number of hydrogen-bond donors (Lipinski definition) is 1. The summed E-state index contributed by atoms with van der Waals surface area (Å²) < 4.78 is 5.60. The van der Waals surface area contributed by atoms with E-state index in [4.69, 9.17) is 4.74 Å². The van der Waals surface area contributed by atoms with Crippen molar-refractivity contribution in [2.75, 3.05) is 13.2 Å². The Bertz CT molecular complexity index is 433. The van der Waals surface area contributed by atoms with Crippen LogP contribution < -0.4 is 4.74 Å². The molecule has 0 aromatic heterocycles. The number of likely N-dealkylation sites (tertiary alicyclic amines) is 1. The van der Waals surface area contributed by atoms with Crippen LogP contribution in [-0.4, -0.2) is 41.2 Å². The first-order valence-corrected chi connectivity index (χ1v) is 7.82. The number of carbonyl (C=O) groups is 1. The second-order valence-corrected chi connectivity index (χ2v) is 5.73. The van der Waals surface area contributed by atoms with Gasteiger partial charge in [0.1, 0.15) is 5.75 Å². The minimum atomic E-state index is -0.343. The molecule has 0 radical (unpaired) electrons. The van der Waals surface area contributed by atoms with Crippen molar-refractivity contribution in [3.8, 4) is 5.75 Å². The zero-order valence-electron chi connectivity index (χ0n) is 12.7. The molecule has 4 nitrogen and oxygen atoms in total. The lowest BCUT2D eigenvalue weighted by Gasteiger charge is -2.25. The van der Waals surface area contributed by atoms with E-state index in [0.29, 0.717) is 19.4 Å². The Hall–Kier alpha value is -1.55. The average Bonchev–Trinajstić information content (AvgIpc) is 2.92. The van der Waals surface area contributed by atoms with E-state index in [1.807, 2.05) is 35.2 Å². The third kappa shape index (κ3) is 5.05. The van der Waals surface area contributed by atoms with E-state index >= 15 is 0 Å². The lowest BCUT2D eigenvalue weighted by atomic mass is 10.1. The van der Waals surface area contributed by atoms with Crippen LogP contribution in [0.5, 0.6) is 5.75 Å². The number of rotatable bonds is 7. The molecule has 21 heavy (non-hydrogen) atoms. The van der Waals surface area contributed by atoms with Gasteiger partial charge < -0.3 is 14.7 Å². The van der Waals surface area contributed by atoms with Crippen molar-refractivity contribution in [3.05, 3.63) is 30.3 Å². The number of hydrogen-bond acceptors (Lipinski definition) is 3. The Morgan fingerprint density at radius 1 is 1.43 bits per heavy atom. The maximum atomic E-state index is 12.2. The number of ether oxygens (including phenoxy) is 1. The number of carbonyl (C=O) groups excluding carboxylic acids is 1. The average molecular weight is 291 g/mol. The van der Waals surface area contributed by atoms with Crippen LogP contribution in [0.2, 0.25) is 0 Å². The van der Waals surface area contributed by atoms with Crippen LogP contribution in [0.25, 0.3) is 0 Å². The fourth-order valence-corrected chi connectivity index (χ4v) is 2.88. The first-order chi connectivity index (χ1) is 10.2. The lowest BCUT2D eigenvalue weighted by Crippen LogP contribution is -2.37. The molecule has 2 unspecified atom stereocenters. The Morgan fingerprint density at radius 2 is 2.19 bits per heavy atom. The van der Waals surface area contributed by atoms with Gasteiger partial charge in [0.15, 0.2) is 0 Å². The molecular weight excluding hydrogens is 266 g/mol. The van der Waals surface area contributed by atoms with Crippen LogP contribution in [0.4, 0.5) is 0 Å². The monoisotopic (exact) mass is 291 g/mol. The zero-order valence-corrected chi connectivity index (χ0v) is 12.7. The van der Waals surface area contributed by atoms with Crippen LogP contribution >= 0.6 is 0 Å². The van der Waals surface area contributed by atoms with Gasteiger partial charge in [-0.15, -0.1) is 0 Å². The molecule has 4 heteroatoms. The third-order valence-electron chi connectivity index (χ3n) is 3.86. The highest BCUT2D eigenvalue weighted by Gasteiger charge is 2.28. The molecule has 0 aliphatic carbocycles. The molecule has 0 bridgehead atoms. The second-order valence-electron chi connectivity index (χ2n) is 5.73. The Kier molecular flexibility index (Phi) is 6.05. The summed E-state index contributed by atoms with van der Waals surface area (Å²) in [5.41, 5.74) is 0. The second kappa shape index (κ2) is 8.03. The highest BCUT2D eigenvalue weighted by Crippen LogP contribution is 2.22. The van der Waals surface area contributed by atoms with Gasteiger partial charge in [-0.2, -0.15) is 0 Å². The van der Waals surface area contributed by atoms with Gasteiger partial charge in [0.25, 0.3) is 0 Å². The SMILES string of the molecule is CC(O)CC1CCCN1C(=O)CCCOc1ccccc1. The quantitative estimate of drug-likeness (QED) is 0.786. The highest BCUT2D eigenvalue weighted by atomic mass is 16.5. The van der Waals surface area contributed by atoms with Crippen LogP contribution in [-0.2, 0) is 4.79 Å². The van der Waals surface area contributed by atoms with E-state index in [9.17, 15) is 9.90 Å². The fraction of sp³-hybridized carbons (Fsp3) is 0.588. The summed E-state index contributed by atoms with van der Waals surface area (Å²) in [6.45, 7) is 3.18. The molecule has 1 N–H and O–H groups in total. The van der Waals surface area contributed by atoms with E-state index < -0.39 is 0 Å². The van der Waals surface area contributed by atoms with E-state index in [2.05, 4.69) is 0 Å². The largest absolute Gasteiger partial charge is 0.494 e. The molecule has 2 atom stereocenters. The maximum absolute atomic E-state index is 12.2. The molecule has 116 valence electrons. The van der Waals surface area contributed by atoms with Crippen LogP contribution in [0.3, 0.4) is 0 Å². The van der Waals surface area contributed by atoms with Crippen LogP contribution in [0.15, 0.2) is 30.3 Å². The number of amides is 1. The first-order valence-electron chi connectivity index (χ1n) is 7.82. The fourth-order valence-electron chi connectivity index (χ4n) is 2.88. The lowest BCUT2D eigenvalue weighted by molar-refractivity contribution is -0.132. The van der Waals surface area contributed by atoms with Crippen molar-refractivity contribution in [1.29, 1.82) is 0 Å². The molecule has 1 aliphatic heterocycles. The summed E-state index contributed by atoms with van der Waals surface area (Å²) in [5.74, 6) is 1.04. The number of benzene rings is 1. The Labute approximate surface area is 126 Å². The third-order valence-corrected chi connectivity index (χ3v) is 3.86. The first kappa shape index (κ1) is 15.8. The number of aliphatic hydroxyl groups is 1. The molecule has 0 spiro atoms. The number of aliphatic hydroxyl groups excluding tert-OH is 1. The predicted octanol–water partition coefficient (Wildman–Crippen LogP) is 2.61. The van der Waals surface area contributed by atoms with Gasteiger partial charge in [-0.05, 0) is 44.7 Å². The van der Waals surface area contributed by atoms with E-state index in [1.165, 1.54) is 0 Å². The van der Waals surface area contributed by atoms with Gasteiger partial charge in [-0.25, -0.2) is 0 Å². The standard InChI is InChI=1S/C17H25NO3/c1-14(19)13-15-7-5-11-18(15)17(20)10-6-12-21-16-8-3-2-4-9-16/h2-4,8-9,14-15,19H,5-7,10-13H2,1H3. The minimum absolute atomic E-state index is 0.190. The van der Waals surface area contributed by atoms with Crippen molar-refractivity contribution in [3.63, 3.8) is 0 Å². The molecule has 1 amide bonds. The van der Waals surface area contributed by atoms with Gasteiger partial charge in [-0.1, -0.05) is 18.2 Å². The molecule has 2 rings (SSSR count). The van der Waals surface area contributed by atoms with E-state index in [-0.39, 0.29) is 18.1 Å². The Morgan fingerprint density at radius 3 is 2.90 bits per heavy atom. The maximum Gasteiger partial charge on any atom is 0.222 e. The Balaban J connectivity index is 1.69. The normalized spacial score (nSPS) is 19.5. The molecule has 1 heterocycles. The summed E-state index contributed by atoms with van der Waals surface area (Å²) in [6, 6.07) is 9.87. The van der Waals surface area contributed by atoms with Crippen LogP contribution in [0.1, 0.15) is 39.0 Å². The van der Waals surface area contributed by atoms with Crippen molar-refractivity contribution < 1.29 is 14.6 Å². The number of nitrogens with zero attached hydrogens (tertiary/aromatic N) is 1. The molecule has 1 aromatic rings. The topological polar surface area (TPSA) is 49.8 Å². The van der Waals surface area contributed by atoms with Crippen LogP contribution in [0, 0.1) is 0 Å². The summed E-state index contributed by atoms with van der Waals surface area (Å²) in [7, 11) is 0. The molecule has 1 saturated heterocycles. The summed E-state index contributed by atoms with van der Waals surface area (Å²) in [5, 5.41) is 9.49. The van der Waals surface area contributed by atoms with E-state index in [1.54, 1.807) is 6.92 Å². The minimum Gasteiger partial charge on any atom is -0.494 e. The van der Waals surface area contributed by atoms with Gasteiger partial charge in [0, 0.05) is 19.0 Å². The van der Waals surface area contributed by atoms with Gasteiger partial charge >= 0.3 is 0 Å². The van der Waals surface area contributed by atoms with E-state index in [0.717, 1.165) is 31.6 Å².